The number of benzene rings is 3. The lowest BCUT2D eigenvalue weighted by molar-refractivity contribution is -0.117. The fourth-order valence-corrected chi connectivity index (χ4v) is 3.95. The minimum Gasteiger partial charge on any atom is -0.493 e. The Labute approximate surface area is 214 Å². The van der Waals surface area contributed by atoms with E-state index in [0.29, 0.717) is 28.0 Å². The molecule has 0 unspecified atom stereocenters. The van der Waals surface area contributed by atoms with Crippen LogP contribution in [0.2, 0.25) is 0 Å². The second-order valence-corrected chi connectivity index (χ2v) is 8.31. The number of rotatable bonds is 8. The summed E-state index contributed by atoms with van der Waals surface area (Å²) in [6.07, 6.45) is 0.903. The van der Waals surface area contributed by atoms with Crippen molar-refractivity contribution in [3.8, 4) is 17.2 Å². The molecule has 0 aliphatic heterocycles. The van der Waals surface area contributed by atoms with Crippen LogP contribution in [0, 0.1) is 0 Å². The van der Waals surface area contributed by atoms with Gasteiger partial charge in [0, 0.05) is 24.2 Å². The standard InChI is InChI=1S/C28H28N4O5/c1-5-18-10-12-19(13-11-18)31(2)25(33)17-29-27(34)26-21-8-6-7-9-22(21)28(35)32(30-26)20-14-15-23(36-3)24(16-20)37-4/h6-16H,5,17H2,1-4H3,(H,29,34). The number of hydrogen-bond donors (Lipinski definition) is 1. The highest BCUT2D eigenvalue weighted by Crippen LogP contribution is 2.29. The highest BCUT2D eigenvalue weighted by Gasteiger charge is 2.20. The molecule has 1 N–H and O–H groups in total. The van der Waals surface area contributed by atoms with Crippen molar-refractivity contribution in [3.63, 3.8) is 0 Å². The number of nitrogens with one attached hydrogen (secondary N) is 1. The predicted octanol–water partition coefficient (Wildman–Crippen LogP) is 3.36. The Morgan fingerprint density at radius 1 is 0.946 bits per heavy atom. The Morgan fingerprint density at radius 2 is 1.62 bits per heavy atom. The molecule has 2 amide bonds. The minimum absolute atomic E-state index is 0.0211. The lowest BCUT2D eigenvalue weighted by Gasteiger charge is -2.18. The molecule has 0 saturated carbocycles. The number of carbonyl (C=O) groups is 2. The van der Waals surface area contributed by atoms with Gasteiger partial charge < -0.3 is 19.7 Å². The normalized spacial score (nSPS) is 10.7. The number of ether oxygens (including phenoxy) is 2. The molecule has 4 rings (SSSR count). The van der Waals surface area contributed by atoms with Gasteiger partial charge in [0.05, 0.1) is 31.8 Å². The molecule has 37 heavy (non-hydrogen) atoms. The van der Waals surface area contributed by atoms with E-state index >= 15 is 0 Å². The Bertz CT molecular complexity index is 1510. The van der Waals surface area contributed by atoms with Crippen molar-refractivity contribution in [2.75, 3.05) is 32.7 Å². The SMILES string of the molecule is CCc1ccc(N(C)C(=O)CNC(=O)c2nn(-c3ccc(OC)c(OC)c3)c(=O)c3ccccc23)cc1. The smallest absolute Gasteiger partial charge is 0.279 e. The second kappa shape index (κ2) is 10.9. The van der Waals surface area contributed by atoms with E-state index in [-0.39, 0.29) is 18.1 Å². The van der Waals surface area contributed by atoms with Crippen LogP contribution in [-0.2, 0) is 11.2 Å². The Kier molecular flexibility index (Phi) is 7.52. The van der Waals surface area contributed by atoms with Gasteiger partial charge in [0.2, 0.25) is 5.91 Å². The van der Waals surface area contributed by atoms with Gasteiger partial charge in [-0.3, -0.25) is 14.4 Å². The summed E-state index contributed by atoms with van der Waals surface area (Å²) < 4.78 is 11.8. The molecule has 1 aromatic heterocycles. The van der Waals surface area contributed by atoms with Crippen LogP contribution in [-0.4, -0.2) is 49.4 Å². The molecule has 0 bridgehead atoms. The molecule has 3 aromatic carbocycles. The Hall–Kier alpha value is -4.66. The monoisotopic (exact) mass is 500 g/mol. The molecular weight excluding hydrogens is 472 g/mol. The third-order valence-electron chi connectivity index (χ3n) is 6.14. The summed E-state index contributed by atoms with van der Waals surface area (Å²) in [7, 11) is 4.66. The quantitative estimate of drug-likeness (QED) is 0.398. The van der Waals surface area contributed by atoms with Crippen LogP contribution in [0.25, 0.3) is 16.5 Å². The van der Waals surface area contributed by atoms with Crippen LogP contribution < -0.4 is 25.2 Å². The van der Waals surface area contributed by atoms with E-state index in [2.05, 4.69) is 17.3 Å². The van der Waals surface area contributed by atoms with Crippen molar-refractivity contribution in [1.82, 2.24) is 15.1 Å². The average Bonchev–Trinajstić information content (AvgIpc) is 2.95. The van der Waals surface area contributed by atoms with E-state index in [1.807, 2.05) is 24.3 Å². The molecule has 0 fully saturated rings. The van der Waals surface area contributed by atoms with Gasteiger partial charge in [-0.1, -0.05) is 37.3 Å². The largest absolute Gasteiger partial charge is 0.493 e. The lowest BCUT2D eigenvalue weighted by atomic mass is 10.1. The number of aryl methyl sites for hydroxylation is 1. The summed E-state index contributed by atoms with van der Waals surface area (Å²) in [5.41, 5.74) is 1.91. The zero-order chi connectivity index (χ0) is 26.5. The maximum Gasteiger partial charge on any atom is 0.279 e. The highest BCUT2D eigenvalue weighted by atomic mass is 16.5. The summed E-state index contributed by atoms with van der Waals surface area (Å²) in [5.74, 6) is 0.0297. The van der Waals surface area contributed by atoms with Gasteiger partial charge in [0.1, 0.15) is 0 Å². The van der Waals surface area contributed by atoms with Crippen LogP contribution in [0.4, 0.5) is 5.69 Å². The minimum atomic E-state index is -0.575. The summed E-state index contributed by atoms with van der Waals surface area (Å²) >= 11 is 0. The molecule has 0 radical (unpaired) electrons. The van der Waals surface area contributed by atoms with Gasteiger partial charge >= 0.3 is 0 Å². The van der Waals surface area contributed by atoms with Crippen LogP contribution in [0.1, 0.15) is 23.0 Å². The number of amides is 2. The number of nitrogens with zero attached hydrogens (tertiary/aromatic N) is 3. The molecule has 0 aliphatic rings. The summed E-state index contributed by atoms with van der Waals surface area (Å²) in [4.78, 5) is 40.7. The van der Waals surface area contributed by atoms with Crippen molar-refractivity contribution < 1.29 is 19.1 Å². The number of anilines is 1. The molecule has 0 saturated heterocycles. The molecule has 0 aliphatic carbocycles. The van der Waals surface area contributed by atoms with Gasteiger partial charge in [0.25, 0.3) is 11.5 Å². The first-order valence-corrected chi connectivity index (χ1v) is 11.8. The van der Waals surface area contributed by atoms with Crippen molar-refractivity contribution in [2.24, 2.45) is 0 Å². The third-order valence-corrected chi connectivity index (χ3v) is 6.14. The van der Waals surface area contributed by atoms with Crippen molar-refractivity contribution in [2.45, 2.75) is 13.3 Å². The average molecular weight is 501 g/mol. The second-order valence-electron chi connectivity index (χ2n) is 8.31. The van der Waals surface area contributed by atoms with Gasteiger partial charge in [0.15, 0.2) is 17.2 Å². The molecular formula is C28H28N4O5. The fraction of sp³-hybridized carbons (Fsp3) is 0.214. The maximum atomic E-state index is 13.3. The van der Waals surface area contributed by atoms with E-state index in [9.17, 15) is 14.4 Å². The fourth-order valence-electron chi connectivity index (χ4n) is 3.95. The lowest BCUT2D eigenvalue weighted by Crippen LogP contribution is -2.39. The Balaban J connectivity index is 1.64. The molecule has 9 heteroatoms. The zero-order valence-corrected chi connectivity index (χ0v) is 21.1. The van der Waals surface area contributed by atoms with Gasteiger partial charge in [-0.05, 0) is 42.3 Å². The van der Waals surface area contributed by atoms with E-state index in [0.717, 1.165) is 16.8 Å². The molecule has 190 valence electrons. The van der Waals surface area contributed by atoms with Crippen molar-refractivity contribution >= 4 is 28.3 Å². The number of carbonyl (C=O) groups excluding carboxylic acids is 2. The number of methoxy groups -OCH3 is 2. The maximum absolute atomic E-state index is 13.3. The van der Waals surface area contributed by atoms with Gasteiger partial charge in [-0.15, -0.1) is 0 Å². The Morgan fingerprint density at radius 3 is 2.27 bits per heavy atom. The first-order chi connectivity index (χ1) is 17.9. The van der Waals surface area contributed by atoms with Crippen LogP contribution in [0.15, 0.2) is 71.5 Å². The summed E-state index contributed by atoms with van der Waals surface area (Å²) in [6.45, 7) is 1.82. The molecule has 1 heterocycles. The van der Waals surface area contributed by atoms with E-state index in [1.165, 1.54) is 24.7 Å². The third kappa shape index (κ3) is 5.16. The van der Waals surface area contributed by atoms with Crippen LogP contribution in [0.3, 0.4) is 0 Å². The van der Waals surface area contributed by atoms with E-state index in [1.54, 1.807) is 49.5 Å². The van der Waals surface area contributed by atoms with Crippen LogP contribution >= 0.6 is 0 Å². The number of aromatic nitrogens is 2. The van der Waals surface area contributed by atoms with Crippen LogP contribution in [0.5, 0.6) is 11.5 Å². The zero-order valence-electron chi connectivity index (χ0n) is 21.1. The number of likely N-dealkylation sites (N-methyl/N-ethyl adjacent to an activating group) is 1. The summed E-state index contributed by atoms with van der Waals surface area (Å²) in [5, 5.41) is 7.73. The van der Waals surface area contributed by atoms with E-state index in [4.69, 9.17) is 9.47 Å². The predicted molar refractivity (Wildman–Crippen MR) is 142 cm³/mol. The van der Waals surface area contributed by atoms with Gasteiger partial charge in [-0.25, -0.2) is 0 Å². The molecule has 0 atom stereocenters. The summed E-state index contributed by atoms with van der Waals surface area (Å²) in [6, 6.07) is 19.3. The highest BCUT2D eigenvalue weighted by molar-refractivity contribution is 6.06. The molecule has 0 spiro atoms. The number of fused-ring (bicyclic) bond motifs is 1. The first kappa shape index (κ1) is 25.4. The van der Waals surface area contributed by atoms with Crippen molar-refractivity contribution in [1.29, 1.82) is 0 Å². The molecule has 4 aromatic rings. The molecule has 9 nitrogen and oxygen atoms in total. The number of hydrogen-bond acceptors (Lipinski definition) is 6. The topological polar surface area (TPSA) is 103 Å². The van der Waals surface area contributed by atoms with E-state index < -0.39 is 11.5 Å². The van der Waals surface area contributed by atoms with Crippen molar-refractivity contribution in [3.05, 3.63) is 88.3 Å². The first-order valence-electron chi connectivity index (χ1n) is 11.8. The van der Waals surface area contributed by atoms with Gasteiger partial charge in [-0.2, -0.15) is 9.78 Å².